The van der Waals surface area contributed by atoms with Crippen molar-refractivity contribution in [2.45, 2.75) is 26.3 Å². The zero-order valence-corrected chi connectivity index (χ0v) is 20.3. The molecule has 1 aliphatic rings. The van der Waals surface area contributed by atoms with Gasteiger partial charge in [-0.25, -0.2) is 4.68 Å². The first kappa shape index (κ1) is 23.4. The van der Waals surface area contributed by atoms with Crippen LogP contribution in [0.5, 0.6) is 5.75 Å². The minimum Gasteiger partial charge on any atom is -0.497 e. The van der Waals surface area contributed by atoms with Crippen LogP contribution in [-0.4, -0.2) is 28.7 Å². The van der Waals surface area contributed by atoms with Crippen LogP contribution >= 0.6 is 0 Å². The summed E-state index contributed by atoms with van der Waals surface area (Å²) < 4.78 is 7.10. The van der Waals surface area contributed by atoms with E-state index in [1.165, 1.54) is 0 Å². The zero-order chi connectivity index (χ0) is 25.1. The van der Waals surface area contributed by atoms with Gasteiger partial charge in [0.1, 0.15) is 11.4 Å². The summed E-state index contributed by atoms with van der Waals surface area (Å²) in [7, 11) is 1.61. The highest BCUT2D eigenvalue weighted by Crippen LogP contribution is 2.30. The van der Waals surface area contributed by atoms with Crippen LogP contribution in [0, 0.1) is 12.8 Å². The molecule has 1 heterocycles. The molecule has 182 valence electrons. The molecule has 7 nitrogen and oxygen atoms in total. The van der Waals surface area contributed by atoms with E-state index in [0.717, 1.165) is 40.9 Å². The van der Waals surface area contributed by atoms with E-state index >= 15 is 0 Å². The van der Waals surface area contributed by atoms with Gasteiger partial charge in [-0.15, -0.1) is 0 Å². The maximum atomic E-state index is 13.4. The number of hydrogen-bond acceptors (Lipinski definition) is 4. The number of benzene rings is 3. The molecule has 1 fully saturated rings. The van der Waals surface area contributed by atoms with Crippen LogP contribution in [0.4, 0.5) is 5.69 Å². The number of rotatable bonds is 8. The van der Waals surface area contributed by atoms with E-state index in [1.54, 1.807) is 18.0 Å². The molecule has 4 aromatic rings. The predicted octanol–water partition coefficient (Wildman–Crippen LogP) is 5.13. The van der Waals surface area contributed by atoms with Crippen molar-refractivity contribution in [3.63, 3.8) is 0 Å². The highest BCUT2D eigenvalue weighted by atomic mass is 16.5. The second-order valence-electron chi connectivity index (χ2n) is 9.05. The number of ether oxygens (including phenoxy) is 1. The third-order valence-electron chi connectivity index (χ3n) is 6.20. The summed E-state index contributed by atoms with van der Waals surface area (Å²) in [4.78, 5) is 25.5. The average Bonchev–Trinajstić information content (AvgIpc) is 3.66. The van der Waals surface area contributed by atoms with E-state index in [-0.39, 0.29) is 17.7 Å². The number of hydrogen-bond donors (Lipinski definition) is 2. The molecule has 2 N–H and O–H groups in total. The lowest BCUT2D eigenvalue weighted by atomic mass is 10.1. The summed E-state index contributed by atoms with van der Waals surface area (Å²) >= 11 is 0. The van der Waals surface area contributed by atoms with Gasteiger partial charge in [0.15, 0.2) is 0 Å². The Balaban J connectivity index is 1.39. The first-order valence-electron chi connectivity index (χ1n) is 12.0. The molecule has 0 aliphatic heterocycles. The smallest absolute Gasteiger partial charge is 0.255 e. The van der Waals surface area contributed by atoms with Gasteiger partial charge in [-0.2, -0.15) is 5.10 Å². The Morgan fingerprint density at radius 3 is 2.56 bits per heavy atom. The normalized spacial score (nSPS) is 12.7. The lowest BCUT2D eigenvalue weighted by Crippen LogP contribution is -2.23. The number of carbonyl (C=O) groups excluding carboxylic acids is 2. The van der Waals surface area contributed by atoms with Gasteiger partial charge in [0.2, 0.25) is 5.91 Å². The van der Waals surface area contributed by atoms with Crippen molar-refractivity contribution >= 4 is 17.5 Å². The van der Waals surface area contributed by atoms with E-state index in [0.29, 0.717) is 23.6 Å². The molecule has 7 heteroatoms. The largest absolute Gasteiger partial charge is 0.497 e. The molecule has 0 spiro atoms. The van der Waals surface area contributed by atoms with E-state index in [2.05, 4.69) is 10.6 Å². The maximum Gasteiger partial charge on any atom is 0.255 e. The van der Waals surface area contributed by atoms with Crippen molar-refractivity contribution in [3.05, 3.63) is 95.7 Å². The highest BCUT2D eigenvalue weighted by molar-refractivity contribution is 6.00. The topological polar surface area (TPSA) is 85.2 Å². The average molecular weight is 481 g/mol. The monoisotopic (exact) mass is 480 g/mol. The standard InChI is InChI=1S/C29H28N4O3/c1-19-9-13-24(14-10-19)33-18-26(27(32-33)22-6-4-8-25(16-22)36-2)29(35)30-17-20-5-3-7-23(15-20)31-28(34)21-11-12-21/h3-10,13-16,18,21H,11-12,17H2,1-2H3,(H,30,35)(H,31,34). The van der Waals surface area contributed by atoms with Gasteiger partial charge in [0.25, 0.3) is 5.91 Å². The Bertz CT molecular complexity index is 1400. The Labute approximate surface area is 210 Å². The third kappa shape index (κ3) is 5.30. The van der Waals surface area contributed by atoms with Crippen molar-refractivity contribution < 1.29 is 14.3 Å². The van der Waals surface area contributed by atoms with Gasteiger partial charge in [-0.05, 0) is 61.7 Å². The summed E-state index contributed by atoms with van der Waals surface area (Å²) in [6, 6.07) is 23.0. The van der Waals surface area contributed by atoms with Gasteiger partial charge in [-0.1, -0.05) is 42.0 Å². The highest BCUT2D eigenvalue weighted by Gasteiger charge is 2.29. The summed E-state index contributed by atoms with van der Waals surface area (Å²) in [5.74, 6) is 0.642. The SMILES string of the molecule is COc1cccc(-c2nn(-c3ccc(C)cc3)cc2C(=O)NCc2cccc(NC(=O)C3CC3)c2)c1. The number of nitrogens with one attached hydrogen (secondary N) is 2. The van der Waals surface area contributed by atoms with Gasteiger partial charge in [-0.3, -0.25) is 9.59 Å². The van der Waals surface area contributed by atoms with Gasteiger partial charge >= 0.3 is 0 Å². The van der Waals surface area contributed by atoms with Gasteiger partial charge in [0, 0.05) is 29.9 Å². The molecular formula is C29H28N4O3. The Morgan fingerprint density at radius 1 is 1.03 bits per heavy atom. The fraction of sp³-hybridized carbons (Fsp3) is 0.207. The van der Waals surface area contributed by atoms with Crippen LogP contribution < -0.4 is 15.4 Å². The Hall–Kier alpha value is -4.39. The fourth-order valence-electron chi connectivity index (χ4n) is 3.98. The Morgan fingerprint density at radius 2 is 1.81 bits per heavy atom. The van der Waals surface area contributed by atoms with Crippen molar-refractivity contribution in [2.75, 3.05) is 12.4 Å². The Kier molecular flexibility index (Phi) is 6.54. The molecule has 1 aliphatic carbocycles. The predicted molar refractivity (Wildman–Crippen MR) is 139 cm³/mol. The lowest BCUT2D eigenvalue weighted by molar-refractivity contribution is -0.117. The van der Waals surface area contributed by atoms with Crippen molar-refractivity contribution in [1.82, 2.24) is 15.1 Å². The zero-order valence-electron chi connectivity index (χ0n) is 20.3. The minimum atomic E-state index is -0.237. The molecule has 1 saturated carbocycles. The number of aromatic nitrogens is 2. The molecule has 0 bridgehead atoms. The second-order valence-corrected chi connectivity index (χ2v) is 9.05. The molecular weight excluding hydrogens is 452 g/mol. The molecule has 3 aromatic carbocycles. The van der Waals surface area contributed by atoms with Gasteiger partial charge in [0.05, 0.1) is 18.4 Å². The summed E-state index contributed by atoms with van der Waals surface area (Å²) in [5, 5.41) is 10.7. The first-order valence-corrected chi connectivity index (χ1v) is 12.0. The van der Waals surface area contributed by atoms with E-state index < -0.39 is 0 Å². The van der Waals surface area contributed by atoms with Crippen LogP contribution in [0.15, 0.2) is 79.0 Å². The maximum absolute atomic E-state index is 13.4. The molecule has 1 aromatic heterocycles. The number of carbonyl (C=O) groups is 2. The quantitative estimate of drug-likeness (QED) is 0.366. The van der Waals surface area contributed by atoms with Crippen molar-refractivity contribution in [1.29, 1.82) is 0 Å². The molecule has 5 rings (SSSR count). The summed E-state index contributed by atoms with van der Waals surface area (Å²) in [6.45, 7) is 2.35. The van der Waals surface area contributed by atoms with Crippen LogP contribution in [0.1, 0.15) is 34.3 Å². The molecule has 0 unspecified atom stereocenters. The van der Waals surface area contributed by atoms with E-state index in [4.69, 9.17) is 9.84 Å². The lowest BCUT2D eigenvalue weighted by Gasteiger charge is -2.09. The van der Waals surface area contributed by atoms with Crippen molar-refractivity contribution in [3.8, 4) is 22.7 Å². The number of nitrogens with zero attached hydrogens (tertiary/aromatic N) is 2. The number of anilines is 1. The van der Waals surface area contributed by atoms with Crippen molar-refractivity contribution in [2.24, 2.45) is 5.92 Å². The fourth-order valence-corrected chi connectivity index (χ4v) is 3.98. The molecule has 2 amide bonds. The summed E-state index contributed by atoms with van der Waals surface area (Å²) in [6.07, 6.45) is 3.65. The number of aryl methyl sites for hydroxylation is 1. The minimum absolute atomic E-state index is 0.0580. The molecule has 0 radical (unpaired) electrons. The number of methoxy groups -OCH3 is 1. The third-order valence-corrected chi connectivity index (χ3v) is 6.20. The van der Waals surface area contributed by atoms with Crippen LogP contribution in [-0.2, 0) is 11.3 Å². The molecule has 36 heavy (non-hydrogen) atoms. The van der Waals surface area contributed by atoms with E-state index in [1.807, 2.05) is 79.7 Å². The summed E-state index contributed by atoms with van der Waals surface area (Å²) in [5.41, 5.74) is 5.46. The molecule has 0 saturated heterocycles. The van der Waals surface area contributed by atoms with Crippen LogP contribution in [0.25, 0.3) is 16.9 Å². The van der Waals surface area contributed by atoms with Crippen LogP contribution in [0.3, 0.4) is 0 Å². The van der Waals surface area contributed by atoms with E-state index in [9.17, 15) is 9.59 Å². The van der Waals surface area contributed by atoms with Gasteiger partial charge < -0.3 is 15.4 Å². The number of amides is 2. The first-order chi connectivity index (χ1) is 17.5. The second kappa shape index (κ2) is 10.1. The van der Waals surface area contributed by atoms with Crippen LogP contribution in [0.2, 0.25) is 0 Å². The molecule has 0 atom stereocenters.